The summed E-state index contributed by atoms with van der Waals surface area (Å²) in [5, 5.41) is 5.56. The van der Waals surface area contributed by atoms with Crippen molar-refractivity contribution < 1.29 is 23.9 Å². The lowest BCUT2D eigenvalue weighted by Gasteiger charge is -2.37. The van der Waals surface area contributed by atoms with E-state index in [1.807, 2.05) is 52.8 Å². The normalized spacial score (nSPS) is 13.0. The average molecular weight is 505 g/mol. The molecule has 0 heterocycles. The van der Waals surface area contributed by atoms with E-state index in [1.165, 1.54) is 4.90 Å². The van der Waals surface area contributed by atoms with Crippen molar-refractivity contribution in [3.05, 3.63) is 34.9 Å². The molecule has 4 amide bonds. The van der Waals surface area contributed by atoms with E-state index >= 15 is 0 Å². The number of nitrogens with two attached hydrogens (primary N) is 1. The molecular weight excluding hydrogens is 460 g/mol. The second kappa shape index (κ2) is 13.8. The number of primary amides is 1. The van der Waals surface area contributed by atoms with Gasteiger partial charge in [-0.1, -0.05) is 37.1 Å². The first-order valence-electron chi connectivity index (χ1n) is 12.6. The second-order valence-corrected chi connectivity index (χ2v) is 10.5. The van der Waals surface area contributed by atoms with Gasteiger partial charge < -0.3 is 26.0 Å². The van der Waals surface area contributed by atoms with Gasteiger partial charge in [0.1, 0.15) is 17.7 Å². The SMILES string of the molecule is CCCCNC(=O)C(c1cc(C)ccc1C)N(C(=O)C(CCC(N)=O)NC(=O)OC(C)(C)C)C(C)C. The number of benzene rings is 1. The van der Waals surface area contributed by atoms with E-state index in [-0.39, 0.29) is 18.7 Å². The monoisotopic (exact) mass is 504 g/mol. The van der Waals surface area contributed by atoms with Gasteiger partial charge in [-0.3, -0.25) is 14.4 Å². The fourth-order valence-corrected chi connectivity index (χ4v) is 3.81. The van der Waals surface area contributed by atoms with Crippen LogP contribution in [0.1, 0.15) is 90.0 Å². The lowest BCUT2D eigenvalue weighted by molar-refractivity contribution is -0.144. The summed E-state index contributed by atoms with van der Waals surface area (Å²) in [5.41, 5.74) is 7.09. The molecule has 0 fully saturated rings. The predicted molar refractivity (Wildman–Crippen MR) is 140 cm³/mol. The third-order valence-electron chi connectivity index (χ3n) is 5.56. The highest BCUT2D eigenvalue weighted by Crippen LogP contribution is 2.29. The first kappa shape index (κ1) is 30.9. The number of carbonyl (C=O) groups is 4. The molecule has 1 aromatic rings. The first-order valence-corrected chi connectivity index (χ1v) is 12.6. The first-order chi connectivity index (χ1) is 16.7. The predicted octanol–water partition coefficient (Wildman–Crippen LogP) is 3.66. The fraction of sp³-hybridized carbons (Fsp3) is 0.630. The molecule has 0 aliphatic carbocycles. The molecule has 2 unspecified atom stereocenters. The van der Waals surface area contributed by atoms with Crippen molar-refractivity contribution in [3.63, 3.8) is 0 Å². The highest BCUT2D eigenvalue weighted by atomic mass is 16.6. The van der Waals surface area contributed by atoms with E-state index < -0.39 is 41.6 Å². The van der Waals surface area contributed by atoms with Crippen molar-refractivity contribution in [1.82, 2.24) is 15.5 Å². The van der Waals surface area contributed by atoms with Crippen LogP contribution in [0.3, 0.4) is 0 Å². The third kappa shape index (κ3) is 9.87. The number of hydrogen-bond acceptors (Lipinski definition) is 5. The molecule has 1 aromatic carbocycles. The Morgan fingerprint density at radius 1 is 1.11 bits per heavy atom. The quantitative estimate of drug-likeness (QED) is 0.374. The Bertz CT molecular complexity index is 923. The minimum atomic E-state index is -1.11. The number of aryl methyl sites for hydroxylation is 2. The zero-order valence-electron chi connectivity index (χ0n) is 23.1. The van der Waals surface area contributed by atoms with Crippen LogP contribution in [0.5, 0.6) is 0 Å². The van der Waals surface area contributed by atoms with Crippen molar-refractivity contribution in [2.75, 3.05) is 6.54 Å². The number of nitrogens with one attached hydrogen (secondary N) is 2. The number of carbonyl (C=O) groups excluding carboxylic acids is 4. The molecule has 4 N–H and O–H groups in total. The zero-order valence-corrected chi connectivity index (χ0v) is 23.1. The van der Waals surface area contributed by atoms with E-state index in [0.29, 0.717) is 12.1 Å². The van der Waals surface area contributed by atoms with Gasteiger partial charge >= 0.3 is 6.09 Å². The lowest BCUT2D eigenvalue weighted by atomic mass is 9.94. The second-order valence-electron chi connectivity index (χ2n) is 10.5. The molecule has 0 aromatic heterocycles. The molecule has 0 saturated heterocycles. The standard InChI is InChI=1S/C27H44N4O5/c1-9-10-15-29-24(33)23(20-16-18(4)11-12-19(20)5)31(17(2)3)25(34)21(13-14-22(28)32)30-26(35)36-27(6,7)8/h11-12,16-17,21,23H,9-10,13-15H2,1-8H3,(H2,28,32)(H,29,33)(H,30,35). The van der Waals surface area contributed by atoms with Gasteiger partial charge in [0.05, 0.1) is 0 Å². The highest BCUT2D eigenvalue weighted by molar-refractivity contribution is 5.93. The Kier molecular flexibility index (Phi) is 11.9. The van der Waals surface area contributed by atoms with Gasteiger partial charge in [0.25, 0.3) is 0 Å². The molecule has 0 aliphatic rings. The zero-order chi connectivity index (χ0) is 27.6. The Labute approximate surface area is 215 Å². The number of nitrogens with zero attached hydrogens (tertiary/aromatic N) is 1. The van der Waals surface area contributed by atoms with Crippen molar-refractivity contribution in [1.29, 1.82) is 0 Å². The van der Waals surface area contributed by atoms with E-state index in [0.717, 1.165) is 24.0 Å². The molecular formula is C27H44N4O5. The van der Waals surface area contributed by atoms with Crippen molar-refractivity contribution in [3.8, 4) is 0 Å². The van der Waals surface area contributed by atoms with Gasteiger partial charge in [-0.2, -0.15) is 0 Å². The van der Waals surface area contributed by atoms with Gasteiger partial charge in [-0.15, -0.1) is 0 Å². The molecule has 9 nitrogen and oxygen atoms in total. The number of rotatable bonds is 12. The molecule has 0 radical (unpaired) electrons. The van der Waals surface area contributed by atoms with Crippen molar-refractivity contribution in [2.24, 2.45) is 5.73 Å². The van der Waals surface area contributed by atoms with Crippen molar-refractivity contribution >= 4 is 23.8 Å². The van der Waals surface area contributed by atoms with E-state index in [4.69, 9.17) is 10.5 Å². The summed E-state index contributed by atoms with van der Waals surface area (Å²) in [5.74, 6) is -1.39. The molecule has 2 atom stereocenters. The smallest absolute Gasteiger partial charge is 0.408 e. The molecule has 0 spiro atoms. The Hall–Kier alpha value is -3.10. The molecule has 9 heteroatoms. The van der Waals surface area contributed by atoms with Crippen LogP contribution in [-0.4, -0.2) is 52.9 Å². The third-order valence-corrected chi connectivity index (χ3v) is 5.56. The number of unbranched alkanes of at least 4 members (excludes halogenated alkanes) is 1. The highest BCUT2D eigenvalue weighted by Gasteiger charge is 2.38. The number of ether oxygens (including phenoxy) is 1. The summed E-state index contributed by atoms with van der Waals surface area (Å²) < 4.78 is 5.34. The van der Waals surface area contributed by atoms with Crippen LogP contribution in [0.4, 0.5) is 4.79 Å². The van der Waals surface area contributed by atoms with Crippen LogP contribution < -0.4 is 16.4 Å². The number of hydrogen-bond donors (Lipinski definition) is 3. The summed E-state index contributed by atoms with van der Waals surface area (Å²) in [6.45, 7) is 15.1. The number of amides is 4. The average Bonchev–Trinajstić information content (AvgIpc) is 2.74. The maximum absolute atomic E-state index is 14.0. The summed E-state index contributed by atoms with van der Waals surface area (Å²) in [6.07, 6.45) is 0.797. The van der Waals surface area contributed by atoms with Crippen molar-refractivity contribution in [2.45, 2.75) is 105 Å². The van der Waals surface area contributed by atoms with Gasteiger partial charge in [-0.25, -0.2) is 4.79 Å². The summed E-state index contributed by atoms with van der Waals surface area (Å²) in [6, 6.07) is 3.35. The van der Waals surface area contributed by atoms with E-state index in [9.17, 15) is 19.2 Å². The van der Waals surface area contributed by atoms with E-state index in [2.05, 4.69) is 10.6 Å². The molecule has 202 valence electrons. The lowest BCUT2D eigenvalue weighted by Crippen LogP contribution is -2.55. The van der Waals surface area contributed by atoms with Crippen LogP contribution in [-0.2, 0) is 19.1 Å². The topological polar surface area (TPSA) is 131 Å². The van der Waals surface area contributed by atoms with E-state index in [1.54, 1.807) is 20.8 Å². The molecule has 36 heavy (non-hydrogen) atoms. The van der Waals surface area contributed by atoms with Gasteiger partial charge in [0.2, 0.25) is 17.7 Å². The summed E-state index contributed by atoms with van der Waals surface area (Å²) in [7, 11) is 0. The summed E-state index contributed by atoms with van der Waals surface area (Å²) >= 11 is 0. The number of alkyl carbamates (subject to hydrolysis) is 1. The van der Waals surface area contributed by atoms with Crippen LogP contribution >= 0.6 is 0 Å². The van der Waals surface area contributed by atoms with Crippen LogP contribution in [0.25, 0.3) is 0 Å². The molecule has 0 aliphatic heterocycles. The molecule has 0 saturated carbocycles. The largest absolute Gasteiger partial charge is 0.444 e. The van der Waals surface area contributed by atoms with Gasteiger partial charge in [0, 0.05) is 19.0 Å². The van der Waals surface area contributed by atoms with Crippen LogP contribution in [0.2, 0.25) is 0 Å². The molecule has 1 rings (SSSR count). The van der Waals surface area contributed by atoms with Gasteiger partial charge in [0.15, 0.2) is 0 Å². The minimum Gasteiger partial charge on any atom is -0.444 e. The van der Waals surface area contributed by atoms with Crippen LogP contribution in [0.15, 0.2) is 18.2 Å². The maximum atomic E-state index is 14.0. The molecule has 0 bridgehead atoms. The summed E-state index contributed by atoms with van der Waals surface area (Å²) in [4.78, 5) is 53.1. The van der Waals surface area contributed by atoms with Crippen LogP contribution in [0, 0.1) is 13.8 Å². The Balaban J connectivity index is 3.50. The Morgan fingerprint density at radius 3 is 2.28 bits per heavy atom. The fourth-order valence-electron chi connectivity index (χ4n) is 3.81. The Morgan fingerprint density at radius 2 is 1.75 bits per heavy atom. The minimum absolute atomic E-state index is 0.0202. The maximum Gasteiger partial charge on any atom is 0.408 e. The van der Waals surface area contributed by atoms with Gasteiger partial charge in [-0.05, 0) is 72.4 Å².